The topological polar surface area (TPSA) is 78.9 Å². The molecule has 0 heterocycles. The predicted octanol–water partition coefficient (Wildman–Crippen LogP) is 5.67. The Morgan fingerprint density at radius 2 is 1.65 bits per heavy atom. The lowest BCUT2D eigenvalue weighted by molar-refractivity contribution is -0.143. The van der Waals surface area contributed by atoms with E-state index in [4.69, 9.17) is 21.1 Å². The van der Waals surface area contributed by atoms with Crippen molar-refractivity contribution in [1.82, 2.24) is 0 Å². The molecule has 0 N–H and O–H groups in total. The van der Waals surface area contributed by atoms with E-state index in [2.05, 4.69) is 4.74 Å². The summed E-state index contributed by atoms with van der Waals surface area (Å²) in [5.74, 6) is -1.93. The van der Waals surface area contributed by atoms with E-state index in [0.717, 1.165) is 55.6 Å². The fourth-order valence-electron chi connectivity index (χ4n) is 2.71. The molecule has 12 heteroatoms. The van der Waals surface area contributed by atoms with E-state index in [9.17, 15) is 30.8 Å². The van der Waals surface area contributed by atoms with Gasteiger partial charge in [-0.15, -0.1) is 0 Å². The molecule has 0 aliphatic rings. The van der Waals surface area contributed by atoms with Gasteiger partial charge in [0.25, 0.3) is 0 Å². The van der Waals surface area contributed by atoms with E-state index in [1.807, 2.05) is 0 Å². The second-order valence-corrected chi connectivity index (χ2v) is 9.00. The van der Waals surface area contributed by atoms with E-state index in [1.54, 1.807) is 0 Å². The molecule has 6 nitrogen and oxygen atoms in total. The van der Waals surface area contributed by atoms with Crippen LogP contribution in [0.5, 0.6) is 17.2 Å². The van der Waals surface area contributed by atoms with Crippen LogP contribution >= 0.6 is 11.6 Å². The average Bonchev–Trinajstić information content (AvgIpc) is 2.78. The van der Waals surface area contributed by atoms with Crippen LogP contribution in [-0.4, -0.2) is 28.1 Å². The fourth-order valence-corrected chi connectivity index (χ4v) is 4.31. The molecule has 0 amide bonds. The van der Waals surface area contributed by atoms with Crippen molar-refractivity contribution < 1.29 is 45.0 Å². The van der Waals surface area contributed by atoms with Gasteiger partial charge in [0.1, 0.15) is 28.0 Å². The molecule has 3 aromatic carbocycles. The summed E-state index contributed by atoms with van der Waals surface area (Å²) < 4.78 is 93.1. The molecule has 0 spiro atoms. The lowest BCUT2D eigenvalue weighted by Gasteiger charge is -2.15. The zero-order valence-electron chi connectivity index (χ0n) is 17.2. The summed E-state index contributed by atoms with van der Waals surface area (Å²) in [6.07, 6.45) is -4.60. The molecule has 0 saturated heterocycles. The van der Waals surface area contributed by atoms with Gasteiger partial charge in [0, 0.05) is 6.07 Å². The monoisotopic (exact) mass is 518 g/mol. The predicted molar refractivity (Wildman–Crippen MR) is 112 cm³/mol. The highest BCUT2D eigenvalue weighted by molar-refractivity contribution is 7.91. The second kappa shape index (κ2) is 9.90. The molecular formula is C22H15ClF4O6S. The van der Waals surface area contributed by atoms with Crippen LogP contribution < -0.4 is 9.47 Å². The number of halogens is 5. The van der Waals surface area contributed by atoms with E-state index in [0.29, 0.717) is 6.07 Å². The molecular weight excluding hydrogens is 504 g/mol. The third-order valence-corrected chi connectivity index (χ3v) is 6.49. The Labute approximate surface area is 196 Å². The second-order valence-electron chi connectivity index (χ2n) is 6.68. The van der Waals surface area contributed by atoms with Crippen molar-refractivity contribution >= 4 is 27.4 Å². The summed E-state index contributed by atoms with van der Waals surface area (Å²) in [5, 5.41) is -0.338. The number of esters is 1. The smallest absolute Gasteiger partial charge is 0.416 e. The van der Waals surface area contributed by atoms with Crippen molar-refractivity contribution in [2.24, 2.45) is 0 Å². The number of hydrogen-bond donors (Lipinski definition) is 0. The summed E-state index contributed by atoms with van der Waals surface area (Å²) in [5.41, 5.74) is -0.979. The van der Waals surface area contributed by atoms with Crippen molar-refractivity contribution in [3.63, 3.8) is 0 Å². The highest BCUT2D eigenvalue weighted by atomic mass is 35.5. The average molecular weight is 519 g/mol. The highest BCUT2D eigenvalue weighted by Gasteiger charge is 2.31. The quantitative estimate of drug-likeness (QED) is 0.228. The lowest BCUT2D eigenvalue weighted by Crippen LogP contribution is -2.14. The van der Waals surface area contributed by atoms with Crippen LogP contribution in [0.25, 0.3) is 0 Å². The van der Waals surface area contributed by atoms with E-state index < -0.39 is 40.0 Å². The Balaban J connectivity index is 2.00. The molecule has 34 heavy (non-hydrogen) atoms. The largest absolute Gasteiger partial charge is 0.480 e. The maximum absolute atomic E-state index is 13.2. The third-order valence-electron chi connectivity index (χ3n) is 4.39. The van der Waals surface area contributed by atoms with Crippen LogP contribution in [0.1, 0.15) is 5.56 Å². The van der Waals surface area contributed by atoms with Crippen LogP contribution in [0.15, 0.2) is 70.5 Å². The minimum Gasteiger partial charge on any atom is -0.480 e. The highest BCUT2D eigenvalue weighted by Crippen LogP contribution is 2.38. The number of ether oxygens (including phenoxy) is 3. The van der Waals surface area contributed by atoms with Crippen molar-refractivity contribution in [3.05, 3.63) is 77.1 Å². The molecule has 3 rings (SSSR count). The molecule has 0 aliphatic heterocycles. The van der Waals surface area contributed by atoms with Gasteiger partial charge >= 0.3 is 12.1 Å². The summed E-state index contributed by atoms with van der Waals surface area (Å²) >= 11 is 5.90. The lowest BCUT2D eigenvalue weighted by atomic mass is 10.2. The normalized spacial score (nSPS) is 11.7. The Bertz CT molecular complexity index is 1310. The molecule has 3 aromatic rings. The Hall–Kier alpha value is -3.31. The maximum Gasteiger partial charge on any atom is 0.416 e. The van der Waals surface area contributed by atoms with Gasteiger partial charge < -0.3 is 14.2 Å². The minimum atomic E-state index is -4.60. The van der Waals surface area contributed by atoms with Gasteiger partial charge in [0.2, 0.25) is 9.84 Å². The summed E-state index contributed by atoms with van der Waals surface area (Å²) in [4.78, 5) is 10.9. The van der Waals surface area contributed by atoms with Gasteiger partial charge in [-0.25, -0.2) is 17.6 Å². The molecule has 180 valence electrons. The number of sulfone groups is 1. The number of carbonyl (C=O) groups is 1. The standard InChI is InChI=1S/C22H15ClF4O6S/c1-31-21(28)12-32-19-11-15(33-18-8-2-13(10-17(18)23)22(25,26)27)5-9-20(19)34(29,30)16-6-3-14(24)4-7-16/h2-11H,12H2,1H3. The maximum atomic E-state index is 13.2. The zero-order valence-corrected chi connectivity index (χ0v) is 18.8. The van der Waals surface area contributed by atoms with Gasteiger partial charge in [-0.05, 0) is 54.6 Å². The first-order valence-electron chi connectivity index (χ1n) is 9.31. The van der Waals surface area contributed by atoms with Crippen molar-refractivity contribution in [1.29, 1.82) is 0 Å². The number of benzene rings is 3. The fraction of sp³-hybridized carbons (Fsp3) is 0.136. The first-order valence-corrected chi connectivity index (χ1v) is 11.2. The number of carbonyl (C=O) groups excluding carboxylic acids is 1. The molecule has 0 bridgehead atoms. The molecule has 0 atom stereocenters. The third kappa shape index (κ3) is 5.78. The van der Waals surface area contributed by atoms with Crippen LogP contribution in [0.3, 0.4) is 0 Å². The van der Waals surface area contributed by atoms with Crippen LogP contribution in [0.2, 0.25) is 5.02 Å². The molecule has 0 aliphatic carbocycles. The van der Waals surface area contributed by atoms with Crippen molar-refractivity contribution in [2.75, 3.05) is 13.7 Å². The molecule has 0 radical (unpaired) electrons. The van der Waals surface area contributed by atoms with Gasteiger partial charge in [-0.3, -0.25) is 0 Å². The number of rotatable bonds is 7. The summed E-state index contributed by atoms with van der Waals surface area (Å²) in [6, 6.07) is 9.94. The first-order chi connectivity index (χ1) is 15.9. The van der Waals surface area contributed by atoms with E-state index >= 15 is 0 Å². The Kier molecular flexibility index (Phi) is 7.37. The Morgan fingerprint density at radius 1 is 0.971 bits per heavy atom. The van der Waals surface area contributed by atoms with Crippen LogP contribution in [-0.2, 0) is 25.5 Å². The molecule has 0 unspecified atom stereocenters. The molecule has 0 fully saturated rings. The Morgan fingerprint density at radius 3 is 2.24 bits per heavy atom. The molecule has 0 aromatic heterocycles. The molecule has 0 saturated carbocycles. The number of methoxy groups -OCH3 is 1. The zero-order chi connectivity index (χ0) is 25.1. The minimum absolute atomic E-state index is 0.0421. The van der Waals surface area contributed by atoms with Gasteiger partial charge in [0.05, 0.1) is 22.6 Å². The van der Waals surface area contributed by atoms with Gasteiger partial charge in [-0.1, -0.05) is 11.6 Å². The SMILES string of the molecule is COC(=O)COc1cc(Oc2ccc(C(F)(F)F)cc2Cl)ccc1S(=O)(=O)c1ccc(F)cc1. The first kappa shape index (κ1) is 25.3. The summed E-state index contributed by atoms with van der Waals surface area (Å²) in [6.45, 7) is -0.646. The van der Waals surface area contributed by atoms with Crippen LogP contribution in [0, 0.1) is 5.82 Å². The van der Waals surface area contributed by atoms with Gasteiger partial charge in [0.15, 0.2) is 6.61 Å². The van der Waals surface area contributed by atoms with Crippen LogP contribution in [0.4, 0.5) is 17.6 Å². The van der Waals surface area contributed by atoms with Crippen molar-refractivity contribution in [3.8, 4) is 17.2 Å². The number of alkyl halides is 3. The van der Waals surface area contributed by atoms with Gasteiger partial charge in [-0.2, -0.15) is 13.2 Å². The van der Waals surface area contributed by atoms with E-state index in [1.165, 1.54) is 6.07 Å². The van der Waals surface area contributed by atoms with E-state index in [-0.39, 0.29) is 32.1 Å². The summed E-state index contributed by atoms with van der Waals surface area (Å²) in [7, 11) is -3.11. The number of hydrogen-bond acceptors (Lipinski definition) is 6. The van der Waals surface area contributed by atoms with Crippen molar-refractivity contribution in [2.45, 2.75) is 16.0 Å².